The van der Waals surface area contributed by atoms with Crippen LogP contribution in [0.2, 0.25) is 0 Å². The smallest absolute Gasteiger partial charge is 0.119 e. The first-order chi connectivity index (χ1) is 8.26. The van der Waals surface area contributed by atoms with Gasteiger partial charge in [0.05, 0.1) is 7.11 Å². The van der Waals surface area contributed by atoms with Crippen LogP contribution in [-0.2, 0) is 0 Å². The standard InChI is InChI=1S/C15H13NO/c1-17-15-5-3-11-6-12-8-14(16)4-2-10(12)7-13(11)9-15/h2-9H,16H2,1H3. The van der Waals surface area contributed by atoms with Gasteiger partial charge in [-0.15, -0.1) is 0 Å². The molecule has 0 saturated carbocycles. The summed E-state index contributed by atoms with van der Waals surface area (Å²) >= 11 is 0. The highest BCUT2D eigenvalue weighted by atomic mass is 16.5. The fourth-order valence-electron chi connectivity index (χ4n) is 2.12. The number of methoxy groups -OCH3 is 1. The quantitative estimate of drug-likeness (QED) is 0.505. The average molecular weight is 223 g/mol. The van der Waals surface area contributed by atoms with Crippen molar-refractivity contribution in [2.45, 2.75) is 0 Å². The Morgan fingerprint density at radius 2 is 1.41 bits per heavy atom. The lowest BCUT2D eigenvalue weighted by atomic mass is 10.0. The van der Waals surface area contributed by atoms with E-state index in [4.69, 9.17) is 10.5 Å². The molecule has 3 aromatic rings. The number of ether oxygens (including phenoxy) is 1. The Kier molecular flexibility index (Phi) is 2.15. The summed E-state index contributed by atoms with van der Waals surface area (Å²) < 4.78 is 5.23. The molecule has 0 spiro atoms. The van der Waals surface area contributed by atoms with E-state index in [0.29, 0.717) is 0 Å². The molecule has 0 unspecified atom stereocenters. The molecule has 0 aliphatic rings. The van der Waals surface area contributed by atoms with Crippen LogP contribution in [-0.4, -0.2) is 7.11 Å². The topological polar surface area (TPSA) is 35.2 Å². The minimum atomic E-state index is 0.797. The highest BCUT2D eigenvalue weighted by Gasteiger charge is 2.00. The molecule has 0 aliphatic carbocycles. The monoisotopic (exact) mass is 223 g/mol. The van der Waals surface area contributed by atoms with Crippen molar-refractivity contribution in [2.75, 3.05) is 12.8 Å². The molecule has 0 fully saturated rings. The summed E-state index contributed by atoms with van der Waals surface area (Å²) in [5.41, 5.74) is 6.59. The zero-order valence-corrected chi connectivity index (χ0v) is 9.60. The molecule has 2 heteroatoms. The van der Waals surface area contributed by atoms with Crippen LogP contribution in [0, 0.1) is 0 Å². The third-order valence-electron chi connectivity index (χ3n) is 3.03. The van der Waals surface area contributed by atoms with Gasteiger partial charge >= 0.3 is 0 Å². The Bertz CT molecular complexity index is 704. The molecule has 2 N–H and O–H groups in total. The number of rotatable bonds is 1. The van der Waals surface area contributed by atoms with Crippen molar-refractivity contribution in [2.24, 2.45) is 0 Å². The van der Waals surface area contributed by atoms with Gasteiger partial charge in [-0.1, -0.05) is 12.1 Å². The van der Waals surface area contributed by atoms with Gasteiger partial charge in [0.2, 0.25) is 0 Å². The van der Waals surface area contributed by atoms with Gasteiger partial charge in [0.1, 0.15) is 5.75 Å². The number of nitrogen functional groups attached to an aromatic ring is 1. The highest BCUT2D eigenvalue weighted by molar-refractivity contribution is 5.99. The number of benzene rings is 3. The van der Waals surface area contributed by atoms with Crippen molar-refractivity contribution < 1.29 is 4.74 Å². The lowest BCUT2D eigenvalue weighted by molar-refractivity contribution is 0.415. The predicted molar refractivity (Wildman–Crippen MR) is 72.4 cm³/mol. The Morgan fingerprint density at radius 3 is 2.12 bits per heavy atom. The van der Waals surface area contributed by atoms with Gasteiger partial charge in [0, 0.05) is 5.69 Å². The largest absolute Gasteiger partial charge is 0.497 e. The van der Waals surface area contributed by atoms with Gasteiger partial charge in [-0.2, -0.15) is 0 Å². The number of nitrogens with two attached hydrogens (primary N) is 1. The van der Waals surface area contributed by atoms with Crippen molar-refractivity contribution in [1.29, 1.82) is 0 Å². The summed E-state index contributed by atoms with van der Waals surface area (Å²) in [5.74, 6) is 0.882. The van der Waals surface area contributed by atoms with E-state index in [1.165, 1.54) is 21.5 Å². The maximum Gasteiger partial charge on any atom is 0.119 e. The number of anilines is 1. The number of fused-ring (bicyclic) bond motifs is 2. The maximum absolute atomic E-state index is 5.79. The third kappa shape index (κ3) is 1.68. The molecule has 84 valence electrons. The number of hydrogen-bond acceptors (Lipinski definition) is 2. The van der Waals surface area contributed by atoms with Gasteiger partial charge < -0.3 is 10.5 Å². The second kappa shape index (κ2) is 3.67. The van der Waals surface area contributed by atoms with Crippen LogP contribution < -0.4 is 10.5 Å². The van der Waals surface area contributed by atoms with E-state index >= 15 is 0 Å². The van der Waals surface area contributed by atoms with E-state index in [-0.39, 0.29) is 0 Å². The summed E-state index contributed by atoms with van der Waals surface area (Å²) in [6, 6.07) is 16.4. The second-order valence-corrected chi connectivity index (χ2v) is 4.17. The lowest BCUT2D eigenvalue weighted by Gasteiger charge is -2.05. The van der Waals surface area contributed by atoms with Crippen LogP contribution in [0.15, 0.2) is 48.5 Å². The van der Waals surface area contributed by atoms with Crippen LogP contribution in [0.3, 0.4) is 0 Å². The molecule has 0 aliphatic heterocycles. The molecule has 0 bridgehead atoms. The normalized spacial score (nSPS) is 10.9. The Balaban J connectivity index is 2.35. The Labute approximate surface area is 99.6 Å². The maximum atomic E-state index is 5.79. The minimum Gasteiger partial charge on any atom is -0.497 e. The van der Waals surface area contributed by atoms with E-state index in [1.807, 2.05) is 30.3 Å². The molecule has 17 heavy (non-hydrogen) atoms. The summed E-state index contributed by atoms with van der Waals surface area (Å²) in [5, 5.41) is 4.74. The summed E-state index contributed by atoms with van der Waals surface area (Å²) in [4.78, 5) is 0. The first-order valence-electron chi connectivity index (χ1n) is 5.53. The molecule has 3 rings (SSSR count). The van der Waals surface area contributed by atoms with Crippen LogP contribution in [0.25, 0.3) is 21.5 Å². The molecule has 0 aromatic heterocycles. The van der Waals surface area contributed by atoms with E-state index in [9.17, 15) is 0 Å². The van der Waals surface area contributed by atoms with Crippen LogP contribution in [0.4, 0.5) is 5.69 Å². The average Bonchev–Trinajstić information content (AvgIpc) is 2.35. The fraction of sp³-hybridized carbons (Fsp3) is 0.0667. The summed E-state index contributed by atoms with van der Waals surface area (Å²) in [6.45, 7) is 0. The van der Waals surface area contributed by atoms with Crippen molar-refractivity contribution >= 4 is 27.2 Å². The zero-order valence-electron chi connectivity index (χ0n) is 9.60. The van der Waals surface area contributed by atoms with Crippen LogP contribution in [0.1, 0.15) is 0 Å². The Hall–Kier alpha value is -2.22. The highest BCUT2D eigenvalue weighted by Crippen LogP contribution is 2.27. The molecular formula is C15H13NO. The van der Waals surface area contributed by atoms with Crippen LogP contribution in [0.5, 0.6) is 5.75 Å². The second-order valence-electron chi connectivity index (χ2n) is 4.17. The summed E-state index contributed by atoms with van der Waals surface area (Å²) in [6.07, 6.45) is 0. The zero-order chi connectivity index (χ0) is 11.8. The molecule has 0 saturated heterocycles. The first-order valence-corrected chi connectivity index (χ1v) is 5.53. The van der Waals surface area contributed by atoms with Crippen LogP contribution >= 0.6 is 0 Å². The van der Waals surface area contributed by atoms with E-state index in [0.717, 1.165) is 11.4 Å². The predicted octanol–water partition coefficient (Wildman–Crippen LogP) is 3.58. The third-order valence-corrected chi connectivity index (χ3v) is 3.03. The van der Waals surface area contributed by atoms with Gasteiger partial charge in [-0.25, -0.2) is 0 Å². The van der Waals surface area contributed by atoms with E-state index in [1.54, 1.807) is 7.11 Å². The van der Waals surface area contributed by atoms with E-state index in [2.05, 4.69) is 18.2 Å². The lowest BCUT2D eigenvalue weighted by Crippen LogP contribution is -1.85. The van der Waals surface area contributed by atoms with Gasteiger partial charge in [0.25, 0.3) is 0 Å². The van der Waals surface area contributed by atoms with Crippen molar-refractivity contribution in [3.8, 4) is 5.75 Å². The summed E-state index contributed by atoms with van der Waals surface area (Å²) in [7, 11) is 1.68. The van der Waals surface area contributed by atoms with E-state index < -0.39 is 0 Å². The van der Waals surface area contributed by atoms with Crippen molar-refractivity contribution in [1.82, 2.24) is 0 Å². The van der Waals surface area contributed by atoms with Crippen molar-refractivity contribution in [3.63, 3.8) is 0 Å². The Morgan fingerprint density at radius 1 is 0.765 bits per heavy atom. The molecule has 3 aromatic carbocycles. The van der Waals surface area contributed by atoms with Gasteiger partial charge in [-0.05, 0) is 57.9 Å². The SMILES string of the molecule is COc1ccc2cc3cc(N)ccc3cc2c1. The molecular weight excluding hydrogens is 210 g/mol. The van der Waals surface area contributed by atoms with Gasteiger partial charge in [0.15, 0.2) is 0 Å². The fourth-order valence-corrected chi connectivity index (χ4v) is 2.12. The molecule has 0 heterocycles. The van der Waals surface area contributed by atoms with Crippen molar-refractivity contribution in [3.05, 3.63) is 48.5 Å². The first kappa shape index (κ1) is 9.97. The molecule has 0 amide bonds. The molecule has 0 radical (unpaired) electrons. The molecule has 0 atom stereocenters. The minimum absolute atomic E-state index is 0.797. The number of hydrogen-bond donors (Lipinski definition) is 1. The molecule has 2 nitrogen and oxygen atoms in total. The van der Waals surface area contributed by atoms with Gasteiger partial charge in [-0.3, -0.25) is 0 Å².